The molecule has 0 aliphatic heterocycles. The van der Waals surface area contributed by atoms with Crippen molar-refractivity contribution in [1.29, 1.82) is 0 Å². The highest BCUT2D eigenvalue weighted by atomic mass is 16.5. The fourth-order valence-corrected chi connectivity index (χ4v) is 2.52. The van der Waals surface area contributed by atoms with Crippen molar-refractivity contribution in [1.82, 2.24) is 0 Å². The van der Waals surface area contributed by atoms with Gasteiger partial charge in [-0.15, -0.1) is 0 Å². The minimum absolute atomic E-state index is 0.276. The van der Waals surface area contributed by atoms with Gasteiger partial charge < -0.3 is 9.84 Å². The molecule has 3 nitrogen and oxygen atoms in total. The molecule has 0 unspecified atom stereocenters. The molecule has 0 aliphatic carbocycles. The summed E-state index contributed by atoms with van der Waals surface area (Å²) in [5.41, 5.74) is 5.38. The molecule has 20 heavy (non-hydrogen) atoms. The molecule has 0 amide bonds. The maximum absolute atomic E-state index is 11.6. The van der Waals surface area contributed by atoms with E-state index in [1.807, 2.05) is 45.0 Å². The summed E-state index contributed by atoms with van der Waals surface area (Å²) in [4.78, 5) is 11.6. The summed E-state index contributed by atoms with van der Waals surface area (Å²) in [6.45, 7) is 5.80. The SMILES string of the molecule is COC(=O)c1cc(C)c(-c2cccc(O)c2C)c(C)c1. The molecule has 0 aromatic heterocycles. The Morgan fingerprint density at radius 3 is 2.25 bits per heavy atom. The van der Waals surface area contributed by atoms with E-state index in [0.29, 0.717) is 5.56 Å². The van der Waals surface area contributed by atoms with E-state index in [-0.39, 0.29) is 11.7 Å². The van der Waals surface area contributed by atoms with Gasteiger partial charge in [-0.1, -0.05) is 12.1 Å². The third-order valence-electron chi connectivity index (χ3n) is 3.53. The maximum atomic E-state index is 11.6. The summed E-state index contributed by atoms with van der Waals surface area (Å²) in [7, 11) is 1.38. The number of rotatable bonds is 2. The van der Waals surface area contributed by atoms with Crippen molar-refractivity contribution in [2.45, 2.75) is 20.8 Å². The molecule has 1 N–H and O–H groups in total. The molecule has 104 valence electrons. The van der Waals surface area contributed by atoms with Crippen LogP contribution in [0.4, 0.5) is 0 Å². The average Bonchev–Trinajstić information content (AvgIpc) is 2.41. The van der Waals surface area contributed by atoms with Crippen LogP contribution in [0.3, 0.4) is 0 Å². The summed E-state index contributed by atoms with van der Waals surface area (Å²) >= 11 is 0. The molecule has 0 fully saturated rings. The fraction of sp³-hybridized carbons (Fsp3) is 0.235. The molecule has 2 aromatic carbocycles. The molecular weight excluding hydrogens is 252 g/mol. The Bertz CT molecular complexity index is 649. The lowest BCUT2D eigenvalue weighted by Crippen LogP contribution is -2.03. The van der Waals surface area contributed by atoms with Crippen molar-refractivity contribution in [2.75, 3.05) is 7.11 Å². The molecule has 0 bridgehead atoms. The van der Waals surface area contributed by atoms with Crippen molar-refractivity contribution >= 4 is 5.97 Å². The van der Waals surface area contributed by atoms with Crippen LogP contribution in [0.5, 0.6) is 5.75 Å². The van der Waals surface area contributed by atoms with Crippen molar-refractivity contribution in [2.24, 2.45) is 0 Å². The third-order valence-corrected chi connectivity index (χ3v) is 3.53. The van der Waals surface area contributed by atoms with Crippen molar-refractivity contribution < 1.29 is 14.6 Å². The van der Waals surface area contributed by atoms with Gasteiger partial charge in [0.1, 0.15) is 5.75 Å². The number of hydrogen-bond donors (Lipinski definition) is 1. The van der Waals surface area contributed by atoms with E-state index in [9.17, 15) is 9.90 Å². The summed E-state index contributed by atoms with van der Waals surface area (Å²) in [6, 6.07) is 9.11. The Morgan fingerprint density at radius 2 is 1.70 bits per heavy atom. The normalized spacial score (nSPS) is 10.4. The van der Waals surface area contributed by atoms with Crippen LogP contribution in [0, 0.1) is 20.8 Å². The van der Waals surface area contributed by atoms with Crippen molar-refractivity contribution in [3.63, 3.8) is 0 Å². The van der Waals surface area contributed by atoms with Gasteiger partial charge in [-0.3, -0.25) is 0 Å². The van der Waals surface area contributed by atoms with Gasteiger partial charge in [0, 0.05) is 0 Å². The highest BCUT2D eigenvalue weighted by molar-refractivity contribution is 5.91. The van der Waals surface area contributed by atoms with Gasteiger partial charge in [0.05, 0.1) is 12.7 Å². The molecule has 3 heteroatoms. The minimum Gasteiger partial charge on any atom is -0.508 e. The number of hydrogen-bond acceptors (Lipinski definition) is 3. The van der Waals surface area contributed by atoms with Gasteiger partial charge in [-0.05, 0) is 66.8 Å². The molecule has 2 aromatic rings. The molecule has 2 rings (SSSR count). The van der Waals surface area contributed by atoms with Crippen LogP contribution in [-0.4, -0.2) is 18.2 Å². The number of phenols is 1. The smallest absolute Gasteiger partial charge is 0.337 e. The molecule has 0 aliphatic rings. The molecule has 0 saturated carbocycles. The maximum Gasteiger partial charge on any atom is 0.337 e. The van der Waals surface area contributed by atoms with Crippen molar-refractivity contribution in [3.8, 4) is 16.9 Å². The number of ether oxygens (including phenoxy) is 1. The molecule has 0 heterocycles. The Morgan fingerprint density at radius 1 is 1.10 bits per heavy atom. The molecule has 0 spiro atoms. The zero-order valence-corrected chi connectivity index (χ0v) is 12.2. The number of carbonyl (C=O) groups excluding carboxylic acids is 1. The quantitative estimate of drug-likeness (QED) is 0.845. The van der Waals surface area contributed by atoms with Gasteiger partial charge in [-0.2, -0.15) is 0 Å². The minimum atomic E-state index is -0.338. The number of benzene rings is 2. The summed E-state index contributed by atoms with van der Waals surface area (Å²) in [6.07, 6.45) is 0. The van der Waals surface area contributed by atoms with Gasteiger partial charge in [0.15, 0.2) is 0 Å². The number of carbonyl (C=O) groups is 1. The third kappa shape index (κ3) is 2.39. The average molecular weight is 270 g/mol. The van der Waals surface area contributed by atoms with E-state index in [4.69, 9.17) is 4.74 Å². The Hall–Kier alpha value is -2.29. The predicted octanol–water partition coefficient (Wildman–Crippen LogP) is 3.77. The van der Waals surface area contributed by atoms with E-state index in [2.05, 4.69) is 0 Å². The Balaban J connectivity index is 2.64. The summed E-state index contributed by atoms with van der Waals surface area (Å²) < 4.78 is 4.76. The highest BCUT2D eigenvalue weighted by Crippen LogP contribution is 2.34. The van der Waals surface area contributed by atoms with Crippen molar-refractivity contribution in [3.05, 3.63) is 52.6 Å². The topological polar surface area (TPSA) is 46.5 Å². The van der Waals surface area contributed by atoms with Crippen LogP contribution in [0.15, 0.2) is 30.3 Å². The van der Waals surface area contributed by atoms with Crippen LogP contribution in [0.1, 0.15) is 27.0 Å². The first-order chi connectivity index (χ1) is 9.45. The predicted molar refractivity (Wildman–Crippen MR) is 79.1 cm³/mol. The monoisotopic (exact) mass is 270 g/mol. The first-order valence-electron chi connectivity index (χ1n) is 6.44. The van der Waals surface area contributed by atoms with E-state index in [1.54, 1.807) is 6.07 Å². The second-order valence-corrected chi connectivity index (χ2v) is 4.93. The number of aryl methyl sites for hydroxylation is 2. The van der Waals surface area contributed by atoms with Gasteiger partial charge in [0.25, 0.3) is 0 Å². The number of esters is 1. The summed E-state index contributed by atoms with van der Waals surface area (Å²) in [5, 5.41) is 9.85. The zero-order chi connectivity index (χ0) is 14.9. The second kappa shape index (κ2) is 5.37. The van der Waals surface area contributed by atoms with Crippen LogP contribution in [0.25, 0.3) is 11.1 Å². The van der Waals surface area contributed by atoms with E-state index in [0.717, 1.165) is 27.8 Å². The number of methoxy groups -OCH3 is 1. The molecule has 0 atom stereocenters. The molecular formula is C17H18O3. The molecule has 0 saturated heterocycles. The lowest BCUT2D eigenvalue weighted by Gasteiger charge is -2.15. The van der Waals surface area contributed by atoms with E-state index < -0.39 is 0 Å². The van der Waals surface area contributed by atoms with Crippen LogP contribution < -0.4 is 0 Å². The van der Waals surface area contributed by atoms with Gasteiger partial charge >= 0.3 is 5.97 Å². The molecule has 0 radical (unpaired) electrons. The lowest BCUT2D eigenvalue weighted by molar-refractivity contribution is 0.0600. The first-order valence-corrected chi connectivity index (χ1v) is 6.44. The van der Waals surface area contributed by atoms with Crippen LogP contribution in [-0.2, 0) is 4.74 Å². The number of phenolic OH excluding ortho intramolecular Hbond substituents is 1. The first kappa shape index (κ1) is 14.1. The van der Waals surface area contributed by atoms with E-state index >= 15 is 0 Å². The van der Waals surface area contributed by atoms with E-state index in [1.165, 1.54) is 7.11 Å². The Labute approximate surface area is 118 Å². The second-order valence-electron chi connectivity index (χ2n) is 4.93. The van der Waals surface area contributed by atoms with Gasteiger partial charge in [-0.25, -0.2) is 4.79 Å². The largest absolute Gasteiger partial charge is 0.508 e. The standard InChI is InChI=1S/C17H18O3/c1-10-8-13(17(19)20-4)9-11(2)16(10)14-6-5-7-15(18)12(14)3/h5-9,18H,1-4H3. The fourth-order valence-electron chi connectivity index (χ4n) is 2.52. The highest BCUT2D eigenvalue weighted by Gasteiger charge is 2.14. The van der Waals surface area contributed by atoms with Gasteiger partial charge in [0.2, 0.25) is 0 Å². The zero-order valence-electron chi connectivity index (χ0n) is 12.2. The van der Waals surface area contributed by atoms with Crippen LogP contribution >= 0.6 is 0 Å². The van der Waals surface area contributed by atoms with Crippen LogP contribution in [0.2, 0.25) is 0 Å². The Kier molecular flexibility index (Phi) is 3.79. The lowest BCUT2D eigenvalue weighted by atomic mass is 9.91. The summed E-state index contributed by atoms with van der Waals surface area (Å²) in [5.74, 6) is -0.0614. The number of aromatic hydroxyl groups is 1.